The van der Waals surface area contributed by atoms with Gasteiger partial charge in [-0.05, 0) is 51.0 Å². The van der Waals surface area contributed by atoms with Crippen molar-refractivity contribution < 1.29 is 26.7 Å². The van der Waals surface area contributed by atoms with Gasteiger partial charge in [0.05, 0.1) is 12.7 Å². The summed E-state index contributed by atoms with van der Waals surface area (Å²) in [4.78, 5) is 7.02. The molecular formula is C28H32F5N3O. The van der Waals surface area contributed by atoms with Crippen molar-refractivity contribution in [3.05, 3.63) is 64.6 Å². The summed E-state index contributed by atoms with van der Waals surface area (Å²) in [6.45, 7) is 6.42. The number of rotatable bonds is 8. The van der Waals surface area contributed by atoms with Gasteiger partial charge in [0.15, 0.2) is 0 Å². The van der Waals surface area contributed by atoms with Crippen molar-refractivity contribution in [3.63, 3.8) is 0 Å². The molecule has 1 N–H and O–H groups in total. The predicted molar refractivity (Wildman–Crippen MR) is 133 cm³/mol. The molecule has 9 heteroatoms. The number of hydrogen-bond acceptors (Lipinski definition) is 3. The quantitative estimate of drug-likeness (QED) is 0.372. The van der Waals surface area contributed by atoms with Crippen LogP contribution in [0, 0.1) is 23.4 Å². The fourth-order valence-corrected chi connectivity index (χ4v) is 5.67. The Labute approximate surface area is 213 Å². The maximum atomic E-state index is 15.6. The van der Waals surface area contributed by atoms with Crippen LogP contribution in [0.3, 0.4) is 0 Å². The minimum absolute atomic E-state index is 0.0468. The number of halogens is 5. The van der Waals surface area contributed by atoms with Crippen molar-refractivity contribution in [1.82, 2.24) is 14.8 Å². The molecule has 37 heavy (non-hydrogen) atoms. The molecule has 5 rings (SSSR count). The Balaban J connectivity index is 1.48. The summed E-state index contributed by atoms with van der Waals surface area (Å²) in [5, 5.41) is 0.660. The van der Waals surface area contributed by atoms with Gasteiger partial charge in [-0.2, -0.15) is 0 Å². The Hall–Kier alpha value is -2.65. The van der Waals surface area contributed by atoms with Crippen molar-refractivity contribution in [3.8, 4) is 5.75 Å². The average Bonchev–Trinajstić information content (AvgIpc) is 3.13. The second kappa shape index (κ2) is 9.91. The van der Waals surface area contributed by atoms with Crippen LogP contribution in [0.5, 0.6) is 5.75 Å². The number of benzene rings is 2. The van der Waals surface area contributed by atoms with Crippen LogP contribution in [-0.2, 0) is 6.42 Å². The van der Waals surface area contributed by atoms with Gasteiger partial charge in [0.25, 0.3) is 0 Å². The first kappa shape index (κ1) is 26.0. The molecule has 0 amide bonds. The van der Waals surface area contributed by atoms with E-state index in [1.165, 1.54) is 26.0 Å². The largest absolute Gasteiger partial charge is 0.492 e. The van der Waals surface area contributed by atoms with Crippen molar-refractivity contribution >= 4 is 10.9 Å². The SMILES string of the molecule is C[C@@H]1Cc2c([nH]c3ccc(F)cc23)C(c2c(F)cc(OCCN3CC(CF)C3)cc2F)N1CC(C)(C)F. The van der Waals surface area contributed by atoms with E-state index in [-0.39, 0.29) is 43.1 Å². The molecule has 0 saturated carbocycles. The van der Waals surface area contributed by atoms with Crippen molar-refractivity contribution in [2.24, 2.45) is 5.92 Å². The molecule has 0 aliphatic carbocycles. The van der Waals surface area contributed by atoms with Gasteiger partial charge in [0.2, 0.25) is 0 Å². The molecule has 3 aromatic rings. The lowest BCUT2D eigenvalue weighted by Crippen LogP contribution is -2.49. The molecule has 4 nitrogen and oxygen atoms in total. The van der Waals surface area contributed by atoms with E-state index in [0.29, 0.717) is 42.7 Å². The number of aromatic nitrogens is 1. The second-order valence-electron chi connectivity index (χ2n) is 11.0. The van der Waals surface area contributed by atoms with E-state index in [4.69, 9.17) is 4.74 Å². The monoisotopic (exact) mass is 521 g/mol. The summed E-state index contributed by atoms with van der Waals surface area (Å²) in [7, 11) is 0. The molecule has 1 saturated heterocycles. The minimum Gasteiger partial charge on any atom is -0.492 e. The lowest BCUT2D eigenvalue weighted by molar-refractivity contribution is 0.0637. The summed E-state index contributed by atoms with van der Waals surface area (Å²) < 4.78 is 78.4. The summed E-state index contributed by atoms with van der Waals surface area (Å²) in [5.41, 5.74) is 0.155. The van der Waals surface area contributed by atoms with Crippen molar-refractivity contribution in [1.29, 1.82) is 0 Å². The highest BCUT2D eigenvalue weighted by molar-refractivity contribution is 5.85. The summed E-state index contributed by atoms with van der Waals surface area (Å²) in [5.74, 6) is -1.89. The molecule has 2 aromatic carbocycles. The number of nitrogens with one attached hydrogen (secondary N) is 1. The highest BCUT2D eigenvalue weighted by Crippen LogP contribution is 2.44. The van der Waals surface area contributed by atoms with Crippen LogP contribution in [0.25, 0.3) is 10.9 Å². The minimum atomic E-state index is -1.61. The van der Waals surface area contributed by atoms with Crippen LogP contribution in [0.2, 0.25) is 0 Å². The maximum Gasteiger partial charge on any atom is 0.135 e. The number of fused-ring (bicyclic) bond motifs is 3. The first-order chi connectivity index (χ1) is 17.5. The topological polar surface area (TPSA) is 31.5 Å². The van der Waals surface area contributed by atoms with E-state index in [1.54, 1.807) is 11.0 Å². The molecule has 200 valence electrons. The van der Waals surface area contributed by atoms with Gasteiger partial charge in [0.1, 0.15) is 35.5 Å². The number of nitrogens with zero attached hydrogens (tertiary/aromatic N) is 2. The zero-order valence-corrected chi connectivity index (χ0v) is 21.3. The highest BCUT2D eigenvalue weighted by Gasteiger charge is 2.41. The van der Waals surface area contributed by atoms with Gasteiger partial charge >= 0.3 is 0 Å². The number of H-pyrrole nitrogens is 1. The number of hydrogen-bond donors (Lipinski definition) is 1. The van der Waals surface area contributed by atoms with E-state index >= 15 is 8.78 Å². The van der Waals surface area contributed by atoms with Gasteiger partial charge in [-0.3, -0.25) is 14.2 Å². The molecule has 2 aliphatic rings. The van der Waals surface area contributed by atoms with Crippen LogP contribution < -0.4 is 4.74 Å². The first-order valence-electron chi connectivity index (χ1n) is 12.7. The third kappa shape index (κ3) is 5.21. The number of likely N-dealkylation sites (tertiary alicyclic amines) is 1. The molecule has 3 heterocycles. The van der Waals surface area contributed by atoms with E-state index < -0.39 is 29.2 Å². The van der Waals surface area contributed by atoms with Crippen LogP contribution in [-0.4, -0.2) is 66.0 Å². The molecule has 2 atom stereocenters. The number of alkyl halides is 2. The molecule has 2 aliphatic heterocycles. The average molecular weight is 522 g/mol. The maximum absolute atomic E-state index is 15.6. The molecular weight excluding hydrogens is 489 g/mol. The van der Waals surface area contributed by atoms with Gasteiger partial charge < -0.3 is 9.72 Å². The van der Waals surface area contributed by atoms with Gasteiger partial charge in [-0.15, -0.1) is 0 Å². The Morgan fingerprint density at radius 2 is 1.78 bits per heavy atom. The number of ether oxygens (including phenoxy) is 1. The van der Waals surface area contributed by atoms with Gasteiger partial charge in [-0.1, -0.05) is 0 Å². The number of aromatic amines is 1. The Morgan fingerprint density at radius 1 is 1.08 bits per heavy atom. The summed E-state index contributed by atoms with van der Waals surface area (Å²) in [6.07, 6.45) is 0.482. The molecule has 1 aromatic heterocycles. The normalized spacial score (nSPS) is 21.3. The Morgan fingerprint density at radius 3 is 2.43 bits per heavy atom. The summed E-state index contributed by atoms with van der Waals surface area (Å²) in [6, 6.07) is 5.46. The highest BCUT2D eigenvalue weighted by atomic mass is 19.2. The molecule has 0 spiro atoms. The fraction of sp³-hybridized carbons (Fsp3) is 0.500. The molecule has 1 fully saturated rings. The van der Waals surface area contributed by atoms with Crippen molar-refractivity contribution in [2.45, 2.75) is 44.9 Å². The van der Waals surface area contributed by atoms with E-state index in [1.807, 2.05) is 11.8 Å². The third-order valence-corrected chi connectivity index (χ3v) is 7.38. The zero-order valence-electron chi connectivity index (χ0n) is 21.3. The molecule has 0 bridgehead atoms. The van der Waals surface area contributed by atoms with Crippen LogP contribution in [0.1, 0.15) is 43.6 Å². The lowest BCUT2D eigenvalue weighted by Gasteiger charge is -2.43. The van der Waals surface area contributed by atoms with Crippen LogP contribution >= 0.6 is 0 Å². The smallest absolute Gasteiger partial charge is 0.135 e. The summed E-state index contributed by atoms with van der Waals surface area (Å²) >= 11 is 0. The second-order valence-corrected chi connectivity index (χ2v) is 11.0. The Kier molecular flexibility index (Phi) is 6.96. The first-order valence-corrected chi connectivity index (χ1v) is 12.7. The Bertz CT molecular complexity index is 1260. The lowest BCUT2D eigenvalue weighted by atomic mass is 9.87. The van der Waals surface area contributed by atoms with E-state index in [9.17, 15) is 13.2 Å². The van der Waals surface area contributed by atoms with Crippen LogP contribution in [0.4, 0.5) is 22.0 Å². The van der Waals surface area contributed by atoms with E-state index in [2.05, 4.69) is 4.98 Å². The van der Waals surface area contributed by atoms with Gasteiger partial charge in [0, 0.05) is 72.4 Å². The molecule has 0 radical (unpaired) electrons. The van der Waals surface area contributed by atoms with Crippen molar-refractivity contribution in [2.75, 3.05) is 39.5 Å². The van der Waals surface area contributed by atoms with E-state index in [0.717, 1.165) is 17.7 Å². The van der Waals surface area contributed by atoms with Gasteiger partial charge in [-0.25, -0.2) is 17.6 Å². The van der Waals surface area contributed by atoms with Crippen LogP contribution in [0.15, 0.2) is 30.3 Å². The third-order valence-electron chi connectivity index (χ3n) is 7.38. The standard InChI is InChI=1S/C28H32F5N3O/c1-16-8-21-20-9-18(30)4-5-24(20)34-26(21)27(36(16)15-28(2,3)33)25-22(31)10-19(11-23(25)32)37-7-6-35-13-17(12-29)14-35/h4-5,9-11,16-17,27,34H,6-8,12-15H2,1-3H3/t16-,27?/m1/s1. The molecule has 1 unspecified atom stereocenters. The zero-order chi connectivity index (χ0) is 26.5. The fourth-order valence-electron chi connectivity index (χ4n) is 5.67. The predicted octanol–water partition coefficient (Wildman–Crippen LogP) is 5.95.